The van der Waals surface area contributed by atoms with E-state index in [1.165, 1.54) is 6.92 Å². The van der Waals surface area contributed by atoms with Crippen molar-refractivity contribution in [3.63, 3.8) is 0 Å². The van der Waals surface area contributed by atoms with Gasteiger partial charge in [-0.2, -0.15) is 26.3 Å². The number of halogens is 7. The van der Waals surface area contributed by atoms with Gasteiger partial charge in [0.1, 0.15) is 6.10 Å². The van der Waals surface area contributed by atoms with E-state index in [1.807, 2.05) is 0 Å². The summed E-state index contributed by atoms with van der Waals surface area (Å²) in [6.45, 7) is 1.79. The lowest BCUT2D eigenvalue weighted by Crippen LogP contribution is -2.40. The van der Waals surface area contributed by atoms with E-state index in [9.17, 15) is 31.4 Å². The van der Waals surface area contributed by atoms with Gasteiger partial charge in [0.05, 0.1) is 5.56 Å². The fourth-order valence-corrected chi connectivity index (χ4v) is 2.45. The highest BCUT2D eigenvalue weighted by Gasteiger charge is 2.49. The topological polar surface area (TPSA) is 68.4 Å². The summed E-state index contributed by atoms with van der Waals surface area (Å²) < 4.78 is 83.3. The number of hydrogen-bond acceptors (Lipinski definition) is 4. The molecule has 0 saturated carbocycles. The number of alkyl halides is 6. The first-order chi connectivity index (χ1) is 13.6. The average Bonchev–Trinajstić information content (AvgIpc) is 2.60. The minimum atomic E-state index is -4.99. The molecule has 2 aromatic rings. The lowest BCUT2D eigenvalue weighted by atomic mass is 10.0. The molecule has 11 heteroatoms. The van der Waals surface area contributed by atoms with Gasteiger partial charge >= 0.3 is 12.4 Å². The van der Waals surface area contributed by atoms with Crippen LogP contribution in [-0.4, -0.2) is 21.9 Å². The lowest BCUT2D eigenvalue weighted by Gasteiger charge is -2.21. The number of nitrogen functional groups attached to an aromatic ring is 1. The van der Waals surface area contributed by atoms with Crippen molar-refractivity contribution in [2.75, 3.05) is 5.73 Å². The Morgan fingerprint density at radius 1 is 1.17 bits per heavy atom. The molecule has 0 aliphatic rings. The first-order valence-electron chi connectivity index (χ1n) is 8.23. The van der Waals surface area contributed by atoms with Crippen LogP contribution >= 0.6 is 11.6 Å². The zero-order chi connectivity index (χ0) is 22.9. The molecule has 0 amide bonds. The molecular weight excluding hydrogens is 438 g/mol. The minimum Gasteiger partial charge on any atom is -0.482 e. The first-order valence-corrected chi connectivity index (χ1v) is 8.60. The number of pyridine rings is 1. The maximum absolute atomic E-state index is 13.3. The van der Waals surface area contributed by atoms with Gasteiger partial charge in [0.2, 0.25) is 5.60 Å². The summed E-state index contributed by atoms with van der Waals surface area (Å²) in [4.78, 5) is 3.72. The third kappa shape index (κ3) is 5.49. The number of benzene rings is 1. The SMILES string of the molecule is C[C@@H](Oc1cc(C#CC(C)(O)C(F)(F)F)cnc1N)c1cc(Cl)ccc1C(F)(F)F. The molecule has 0 bridgehead atoms. The number of rotatable bonds is 3. The fourth-order valence-electron chi connectivity index (χ4n) is 2.26. The second-order valence-corrected chi connectivity index (χ2v) is 6.85. The molecule has 1 aromatic heterocycles. The van der Waals surface area contributed by atoms with Gasteiger partial charge in [-0.25, -0.2) is 4.98 Å². The van der Waals surface area contributed by atoms with Gasteiger partial charge in [0.15, 0.2) is 11.6 Å². The zero-order valence-corrected chi connectivity index (χ0v) is 16.2. The molecule has 1 unspecified atom stereocenters. The zero-order valence-electron chi connectivity index (χ0n) is 15.5. The molecule has 2 atom stereocenters. The second-order valence-electron chi connectivity index (χ2n) is 6.42. The Kier molecular flexibility index (Phi) is 6.49. The van der Waals surface area contributed by atoms with Gasteiger partial charge in [-0.05, 0) is 32.0 Å². The maximum atomic E-state index is 13.3. The van der Waals surface area contributed by atoms with Crippen molar-refractivity contribution in [2.24, 2.45) is 0 Å². The Hall–Kier alpha value is -2.64. The molecule has 1 heterocycles. The smallest absolute Gasteiger partial charge is 0.428 e. The Morgan fingerprint density at radius 2 is 1.80 bits per heavy atom. The Bertz CT molecular complexity index is 993. The second kappa shape index (κ2) is 8.24. The van der Waals surface area contributed by atoms with Crippen LogP contribution in [-0.2, 0) is 6.18 Å². The van der Waals surface area contributed by atoms with E-state index in [0.717, 1.165) is 30.5 Å². The molecule has 2 rings (SSSR count). The first kappa shape index (κ1) is 23.6. The third-order valence-electron chi connectivity index (χ3n) is 3.94. The molecular formula is C19H15ClF6N2O2. The van der Waals surface area contributed by atoms with E-state index >= 15 is 0 Å². The van der Waals surface area contributed by atoms with Crippen molar-refractivity contribution >= 4 is 17.4 Å². The van der Waals surface area contributed by atoms with Crippen LogP contribution in [0.3, 0.4) is 0 Å². The van der Waals surface area contributed by atoms with Gasteiger partial charge in [-0.3, -0.25) is 0 Å². The maximum Gasteiger partial charge on any atom is 0.428 e. The quantitative estimate of drug-likeness (QED) is 0.500. The summed E-state index contributed by atoms with van der Waals surface area (Å²) in [6, 6.07) is 4.08. The summed E-state index contributed by atoms with van der Waals surface area (Å²) in [6.07, 6.45) is -9.81. The fraction of sp³-hybridized carbons (Fsp3) is 0.316. The Morgan fingerprint density at radius 3 is 2.37 bits per heavy atom. The molecule has 0 radical (unpaired) electrons. The molecule has 1 aromatic carbocycles. The van der Waals surface area contributed by atoms with Gasteiger partial charge in [-0.1, -0.05) is 23.4 Å². The van der Waals surface area contributed by atoms with Crippen LogP contribution in [0.25, 0.3) is 0 Å². The van der Waals surface area contributed by atoms with Crippen molar-refractivity contribution in [3.8, 4) is 17.6 Å². The summed E-state index contributed by atoms with van der Waals surface area (Å²) in [5.74, 6) is 3.34. The molecule has 0 saturated heterocycles. The van der Waals surface area contributed by atoms with Crippen LogP contribution in [0.2, 0.25) is 5.02 Å². The molecule has 0 aliphatic carbocycles. The van der Waals surface area contributed by atoms with Gasteiger partial charge < -0.3 is 15.6 Å². The van der Waals surface area contributed by atoms with Crippen LogP contribution in [0.1, 0.15) is 36.6 Å². The molecule has 0 aliphatic heterocycles. The van der Waals surface area contributed by atoms with E-state index in [0.29, 0.717) is 6.92 Å². The van der Waals surface area contributed by atoms with Crippen molar-refractivity contribution in [1.82, 2.24) is 4.98 Å². The highest BCUT2D eigenvalue weighted by molar-refractivity contribution is 6.30. The summed E-state index contributed by atoms with van der Waals surface area (Å²) in [7, 11) is 0. The molecule has 4 nitrogen and oxygen atoms in total. The number of hydrogen-bond donors (Lipinski definition) is 2. The molecule has 3 N–H and O–H groups in total. The van der Waals surface area contributed by atoms with Crippen LogP contribution in [0, 0.1) is 11.8 Å². The van der Waals surface area contributed by atoms with E-state index in [1.54, 1.807) is 5.92 Å². The van der Waals surface area contributed by atoms with E-state index < -0.39 is 29.6 Å². The number of nitrogens with zero attached hydrogens (tertiary/aromatic N) is 1. The van der Waals surface area contributed by atoms with Gasteiger partial charge in [0, 0.05) is 28.4 Å². The summed E-state index contributed by atoms with van der Waals surface area (Å²) >= 11 is 5.80. The predicted octanol–water partition coefficient (Wildman–Crippen LogP) is 5.14. The molecule has 30 heavy (non-hydrogen) atoms. The van der Waals surface area contributed by atoms with E-state index in [4.69, 9.17) is 22.1 Å². The highest BCUT2D eigenvalue weighted by atomic mass is 35.5. The van der Waals surface area contributed by atoms with Crippen molar-refractivity contribution < 1.29 is 36.2 Å². The number of ether oxygens (including phenoxy) is 1. The third-order valence-corrected chi connectivity index (χ3v) is 4.18. The monoisotopic (exact) mass is 452 g/mol. The number of nitrogens with two attached hydrogens (primary N) is 1. The average molecular weight is 453 g/mol. The lowest BCUT2D eigenvalue weighted by molar-refractivity contribution is -0.228. The van der Waals surface area contributed by atoms with Gasteiger partial charge in [-0.15, -0.1) is 0 Å². The van der Waals surface area contributed by atoms with E-state index in [2.05, 4.69) is 10.9 Å². The highest BCUT2D eigenvalue weighted by Crippen LogP contribution is 2.38. The number of anilines is 1. The predicted molar refractivity (Wildman–Crippen MR) is 97.7 cm³/mol. The number of aromatic nitrogens is 1. The minimum absolute atomic E-state index is 0.0496. The van der Waals surface area contributed by atoms with E-state index in [-0.39, 0.29) is 27.7 Å². The molecule has 0 spiro atoms. The van der Waals surface area contributed by atoms with Crippen LogP contribution in [0.4, 0.5) is 32.2 Å². The molecule has 162 valence electrons. The van der Waals surface area contributed by atoms with Crippen LogP contribution < -0.4 is 10.5 Å². The number of aliphatic hydroxyl groups is 1. The largest absolute Gasteiger partial charge is 0.482 e. The summed E-state index contributed by atoms with van der Waals surface area (Å²) in [5, 5.41) is 9.42. The standard InChI is InChI=1S/C19H15ClF6N2O2/c1-10(13-8-12(20)3-4-14(13)18(21,22)23)30-15-7-11(9-28-16(15)27)5-6-17(2,29)19(24,25)26/h3-4,7-10,29H,1-2H3,(H2,27,28)/t10-,17?/m1/s1. The normalized spacial score (nSPS) is 15.0. The van der Waals surface area contributed by atoms with Crippen LogP contribution in [0.5, 0.6) is 5.75 Å². The van der Waals surface area contributed by atoms with Crippen LogP contribution in [0.15, 0.2) is 30.5 Å². The van der Waals surface area contributed by atoms with Gasteiger partial charge in [0.25, 0.3) is 0 Å². The van der Waals surface area contributed by atoms with Crippen molar-refractivity contribution in [3.05, 3.63) is 52.2 Å². The Labute approximate surface area is 172 Å². The van der Waals surface area contributed by atoms with Crippen molar-refractivity contribution in [2.45, 2.75) is 37.9 Å². The molecule has 0 fully saturated rings. The summed E-state index contributed by atoms with van der Waals surface area (Å²) in [5.41, 5.74) is 1.05. The van der Waals surface area contributed by atoms with Crippen molar-refractivity contribution in [1.29, 1.82) is 0 Å². The Balaban J connectivity index is 2.38.